The molecule has 0 heterocycles. The second-order valence-corrected chi connectivity index (χ2v) is 9.18. The number of benzene rings is 3. The van der Waals surface area contributed by atoms with Crippen LogP contribution < -0.4 is 9.47 Å². The molecule has 2 atom stereocenters. The highest BCUT2D eigenvalue weighted by molar-refractivity contribution is 5.98. The van der Waals surface area contributed by atoms with Gasteiger partial charge in [-0.25, -0.2) is 0 Å². The van der Waals surface area contributed by atoms with Gasteiger partial charge in [-0.15, -0.1) is 0 Å². The maximum Gasteiger partial charge on any atom is 0.119 e. The Bertz CT molecular complexity index is 1070. The van der Waals surface area contributed by atoms with Crippen LogP contribution in [0.4, 0.5) is 0 Å². The minimum atomic E-state index is -0.661. The Hall–Kier alpha value is -3.12. The molecule has 0 saturated carbocycles. The molecule has 0 bridgehead atoms. The average Bonchev–Trinajstić information content (AvgIpc) is 2.94. The van der Waals surface area contributed by atoms with Crippen molar-refractivity contribution < 1.29 is 24.4 Å². The third kappa shape index (κ3) is 9.04. The fraction of sp³-hybridized carbons (Fsp3) is 0.375. The van der Waals surface area contributed by atoms with Crippen LogP contribution in [0.1, 0.15) is 56.7 Å². The summed E-state index contributed by atoms with van der Waals surface area (Å²) >= 11 is 0. The third-order valence-electron chi connectivity index (χ3n) is 6.18. The summed E-state index contributed by atoms with van der Waals surface area (Å²) in [6, 6.07) is 26.3. The Labute approximate surface area is 221 Å². The highest BCUT2D eigenvalue weighted by Gasteiger charge is 2.13. The van der Waals surface area contributed by atoms with Crippen LogP contribution in [0.2, 0.25) is 0 Å². The molecular formula is C32H40O5. The lowest BCUT2D eigenvalue weighted by Gasteiger charge is -2.17. The molecule has 0 fully saturated rings. The van der Waals surface area contributed by atoms with Gasteiger partial charge in [-0.05, 0) is 71.9 Å². The molecule has 5 nitrogen and oxygen atoms in total. The Morgan fingerprint density at radius 3 is 1.73 bits per heavy atom. The summed E-state index contributed by atoms with van der Waals surface area (Å²) in [5.74, 6) is 1.43. The van der Waals surface area contributed by atoms with Crippen molar-refractivity contribution in [2.45, 2.75) is 52.2 Å². The maximum absolute atomic E-state index is 10.1. The highest BCUT2D eigenvalue weighted by atomic mass is 16.5. The lowest BCUT2D eigenvalue weighted by atomic mass is 9.90. The maximum atomic E-state index is 10.1. The Kier molecular flexibility index (Phi) is 11.7. The van der Waals surface area contributed by atoms with Gasteiger partial charge in [0.2, 0.25) is 0 Å². The fourth-order valence-corrected chi connectivity index (χ4v) is 3.88. The van der Waals surface area contributed by atoms with Gasteiger partial charge in [0.15, 0.2) is 0 Å². The van der Waals surface area contributed by atoms with Gasteiger partial charge in [-0.2, -0.15) is 0 Å². The van der Waals surface area contributed by atoms with Crippen molar-refractivity contribution in [1.82, 2.24) is 0 Å². The predicted octanol–water partition coefficient (Wildman–Crippen LogP) is 6.37. The van der Waals surface area contributed by atoms with Crippen LogP contribution in [0.25, 0.3) is 11.1 Å². The molecule has 0 spiro atoms. The molecule has 2 N–H and O–H groups in total. The van der Waals surface area contributed by atoms with Crippen LogP contribution in [0, 0.1) is 0 Å². The van der Waals surface area contributed by atoms with E-state index < -0.39 is 12.2 Å². The van der Waals surface area contributed by atoms with Crippen molar-refractivity contribution in [1.29, 1.82) is 0 Å². The number of allylic oxidation sites excluding steroid dienone is 1. The van der Waals surface area contributed by atoms with Gasteiger partial charge in [0.1, 0.15) is 30.8 Å². The first-order valence-electron chi connectivity index (χ1n) is 13.2. The average molecular weight is 505 g/mol. The lowest BCUT2D eigenvalue weighted by Crippen LogP contribution is -2.23. The number of ether oxygens (including phenoxy) is 3. The Morgan fingerprint density at radius 2 is 1.22 bits per heavy atom. The second-order valence-electron chi connectivity index (χ2n) is 9.18. The summed E-state index contributed by atoms with van der Waals surface area (Å²) in [6.45, 7) is 7.57. The van der Waals surface area contributed by atoms with E-state index in [0.29, 0.717) is 18.8 Å². The monoisotopic (exact) mass is 504 g/mol. The minimum Gasteiger partial charge on any atom is -0.491 e. The summed E-state index contributed by atoms with van der Waals surface area (Å²) in [6.07, 6.45) is 1.59. The van der Waals surface area contributed by atoms with Gasteiger partial charge < -0.3 is 24.4 Å². The third-order valence-corrected chi connectivity index (χ3v) is 6.18. The molecule has 0 radical (unpaired) electrons. The molecule has 0 amide bonds. The number of aliphatic hydroxyl groups is 2. The second kappa shape index (κ2) is 15.2. The van der Waals surface area contributed by atoms with Crippen LogP contribution in [0.15, 0.2) is 78.9 Å². The van der Waals surface area contributed by atoms with Crippen LogP contribution in [0.3, 0.4) is 0 Å². The molecule has 5 heteroatoms. The molecule has 0 aromatic heterocycles. The standard InChI is InChI=1S/C32H40O5/c1-4-6-20-35-21-29(34)23-37-31-18-14-27(15-19-31)32(24(3)25-10-8-7-9-11-25)26-12-16-30(17-13-26)36-22-28(33)5-2/h7-19,28-29,33-34H,4-6,20-23H2,1-3H3/b32-24+. The number of aliphatic hydroxyl groups excluding tert-OH is 2. The fourth-order valence-electron chi connectivity index (χ4n) is 3.88. The van der Waals surface area contributed by atoms with Crippen molar-refractivity contribution in [3.63, 3.8) is 0 Å². The molecule has 0 saturated heterocycles. The molecule has 0 aliphatic heterocycles. The zero-order valence-electron chi connectivity index (χ0n) is 22.2. The van der Waals surface area contributed by atoms with E-state index in [1.54, 1.807) is 0 Å². The van der Waals surface area contributed by atoms with E-state index in [0.717, 1.165) is 46.4 Å². The first-order valence-corrected chi connectivity index (χ1v) is 13.2. The molecule has 2 unspecified atom stereocenters. The summed E-state index contributed by atoms with van der Waals surface area (Å²) in [7, 11) is 0. The summed E-state index contributed by atoms with van der Waals surface area (Å²) < 4.78 is 17.0. The first kappa shape index (κ1) is 28.5. The zero-order chi connectivity index (χ0) is 26.5. The smallest absolute Gasteiger partial charge is 0.119 e. The van der Waals surface area contributed by atoms with Gasteiger partial charge in [-0.1, -0.05) is 74.9 Å². The number of hydrogen-bond acceptors (Lipinski definition) is 5. The molecule has 37 heavy (non-hydrogen) atoms. The van der Waals surface area contributed by atoms with Gasteiger partial charge in [0.25, 0.3) is 0 Å². The summed E-state index contributed by atoms with van der Waals surface area (Å²) in [5.41, 5.74) is 5.55. The van der Waals surface area contributed by atoms with E-state index >= 15 is 0 Å². The van der Waals surface area contributed by atoms with Crippen molar-refractivity contribution in [2.24, 2.45) is 0 Å². The van der Waals surface area contributed by atoms with Gasteiger partial charge >= 0.3 is 0 Å². The normalized spacial score (nSPS) is 13.5. The first-order chi connectivity index (χ1) is 18.0. The van der Waals surface area contributed by atoms with Crippen LogP contribution in [-0.2, 0) is 4.74 Å². The van der Waals surface area contributed by atoms with E-state index in [1.165, 1.54) is 0 Å². The number of hydrogen-bond donors (Lipinski definition) is 2. The van der Waals surface area contributed by atoms with Crippen molar-refractivity contribution in [3.05, 3.63) is 95.6 Å². The van der Waals surface area contributed by atoms with E-state index in [2.05, 4.69) is 38.1 Å². The zero-order valence-corrected chi connectivity index (χ0v) is 22.2. The van der Waals surface area contributed by atoms with E-state index in [4.69, 9.17) is 14.2 Å². The largest absolute Gasteiger partial charge is 0.491 e. The van der Waals surface area contributed by atoms with Crippen molar-refractivity contribution >= 4 is 11.1 Å². The quantitative estimate of drug-likeness (QED) is 0.186. The molecule has 0 aliphatic rings. The van der Waals surface area contributed by atoms with E-state index in [9.17, 15) is 10.2 Å². The molecule has 0 aliphatic carbocycles. The highest BCUT2D eigenvalue weighted by Crippen LogP contribution is 2.33. The molecular weight excluding hydrogens is 464 g/mol. The number of unbranched alkanes of at least 4 members (excludes halogenated alkanes) is 1. The van der Waals surface area contributed by atoms with Crippen molar-refractivity contribution in [2.75, 3.05) is 26.4 Å². The summed E-state index contributed by atoms with van der Waals surface area (Å²) in [4.78, 5) is 0. The molecule has 198 valence electrons. The molecule has 3 aromatic carbocycles. The van der Waals surface area contributed by atoms with Crippen LogP contribution in [-0.4, -0.2) is 48.8 Å². The Balaban J connectivity index is 1.77. The predicted molar refractivity (Wildman–Crippen MR) is 150 cm³/mol. The van der Waals surface area contributed by atoms with Gasteiger partial charge in [-0.3, -0.25) is 0 Å². The van der Waals surface area contributed by atoms with Crippen LogP contribution in [0.5, 0.6) is 11.5 Å². The van der Waals surface area contributed by atoms with E-state index in [-0.39, 0.29) is 19.8 Å². The van der Waals surface area contributed by atoms with E-state index in [1.807, 2.05) is 61.5 Å². The minimum absolute atomic E-state index is 0.186. The van der Waals surface area contributed by atoms with Crippen molar-refractivity contribution in [3.8, 4) is 11.5 Å². The number of rotatable bonds is 15. The SMILES string of the molecule is CCCCOCC(O)COc1ccc(/C(=C(\C)c2ccccc2)c2ccc(OCC(O)CC)cc2)cc1. The van der Waals surface area contributed by atoms with Gasteiger partial charge in [0.05, 0.1) is 12.7 Å². The van der Waals surface area contributed by atoms with Gasteiger partial charge in [0, 0.05) is 6.61 Å². The summed E-state index contributed by atoms with van der Waals surface area (Å²) in [5, 5.41) is 19.9. The Morgan fingerprint density at radius 1 is 0.676 bits per heavy atom. The van der Waals surface area contributed by atoms with Crippen LogP contribution >= 0.6 is 0 Å². The molecule has 3 aromatic rings. The molecule has 3 rings (SSSR count). The lowest BCUT2D eigenvalue weighted by molar-refractivity contribution is 0.0113. The topological polar surface area (TPSA) is 68.2 Å².